The number of hydrogen-bond donors (Lipinski definition) is 0. The molecule has 5 nitrogen and oxygen atoms in total. The van der Waals surface area contributed by atoms with Gasteiger partial charge >= 0.3 is 0 Å². The summed E-state index contributed by atoms with van der Waals surface area (Å²) < 4.78 is 6.91. The molecule has 0 bridgehead atoms. The van der Waals surface area contributed by atoms with Gasteiger partial charge in [0, 0.05) is 39.3 Å². The van der Waals surface area contributed by atoms with Gasteiger partial charge in [-0.05, 0) is 77.5 Å². The van der Waals surface area contributed by atoms with Crippen molar-refractivity contribution in [2.45, 2.75) is 63.8 Å². The highest BCUT2D eigenvalue weighted by atomic mass is 16.5. The summed E-state index contributed by atoms with van der Waals surface area (Å²) in [6.07, 6.45) is 11.5. The SMILES string of the molecule is C1CCN(CC(OC(CN2CCCC2)N2CCCC2)N2CCCC2)C1. The Kier molecular flexibility index (Phi) is 6.64. The molecule has 4 aliphatic heterocycles. The van der Waals surface area contributed by atoms with Gasteiger partial charge in [-0.15, -0.1) is 0 Å². The summed E-state index contributed by atoms with van der Waals surface area (Å²) in [5.74, 6) is 0. The van der Waals surface area contributed by atoms with Crippen LogP contribution in [0.5, 0.6) is 0 Å². The molecule has 0 amide bonds. The highest BCUT2D eigenvalue weighted by molar-refractivity contribution is 4.81. The van der Waals surface area contributed by atoms with Crippen molar-refractivity contribution in [1.29, 1.82) is 0 Å². The maximum atomic E-state index is 6.91. The maximum Gasteiger partial charge on any atom is 0.125 e. The van der Waals surface area contributed by atoms with Crippen molar-refractivity contribution < 1.29 is 4.74 Å². The zero-order valence-corrected chi connectivity index (χ0v) is 16.1. The standard InChI is InChI=1S/C20H38N4O/c1-2-10-21(9-1)17-19(23-13-5-6-14-23)25-20(24-15-7-8-16-24)18-22-11-3-4-12-22/h19-20H,1-18H2. The Hall–Kier alpha value is -0.200. The van der Waals surface area contributed by atoms with Gasteiger partial charge in [-0.1, -0.05) is 0 Å². The van der Waals surface area contributed by atoms with Crippen LogP contribution in [-0.2, 0) is 4.74 Å². The third kappa shape index (κ3) is 4.95. The first-order valence-electron chi connectivity index (χ1n) is 11.0. The fraction of sp³-hybridized carbons (Fsp3) is 1.00. The lowest BCUT2D eigenvalue weighted by atomic mass is 10.3. The monoisotopic (exact) mass is 350 g/mol. The summed E-state index contributed by atoms with van der Waals surface area (Å²) in [4.78, 5) is 10.5. The molecule has 4 fully saturated rings. The van der Waals surface area contributed by atoms with E-state index in [0.29, 0.717) is 12.5 Å². The topological polar surface area (TPSA) is 22.2 Å². The Balaban J connectivity index is 1.40. The average Bonchev–Trinajstić information content (AvgIpc) is 3.43. The van der Waals surface area contributed by atoms with Crippen LogP contribution >= 0.6 is 0 Å². The summed E-state index contributed by atoms with van der Waals surface area (Å²) >= 11 is 0. The molecule has 5 heteroatoms. The summed E-state index contributed by atoms with van der Waals surface area (Å²) in [5.41, 5.74) is 0. The predicted molar refractivity (Wildman–Crippen MR) is 102 cm³/mol. The van der Waals surface area contributed by atoms with Crippen molar-refractivity contribution in [3.8, 4) is 0 Å². The van der Waals surface area contributed by atoms with E-state index >= 15 is 0 Å². The lowest BCUT2D eigenvalue weighted by Crippen LogP contribution is -2.51. The molecule has 4 aliphatic rings. The Morgan fingerprint density at radius 1 is 0.480 bits per heavy atom. The summed E-state index contributed by atoms with van der Waals surface area (Å²) in [6.45, 7) is 12.2. The van der Waals surface area contributed by atoms with Crippen LogP contribution < -0.4 is 0 Å². The molecule has 0 aromatic heterocycles. The lowest BCUT2D eigenvalue weighted by Gasteiger charge is -2.38. The predicted octanol–water partition coefficient (Wildman–Crippen LogP) is 2.04. The van der Waals surface area contributed by atoms with E-state index in [4.69, 9.17) is 4.74 Å². The Bertz CT molecular complexity index is 347. The van der Waals surface area contributed by atoms with E-state index in [1.807, 2.05) is 0 Å². The molecule has 0 N–H and O–H groups in total. The average molecular weight is 351 g/mol. The van der Waals surface area contributed by atoms with Crippen molar-refractivity contribution in [2.75, 3.05) is 65.4 Å². The molecule has 0 aromatic rings. The van der Waals surface area contributed by atoms with Crippen LogP contribution in [0, 0.1) is 0 Å². The van der Waals surface area contributed by atoms with E-state index < -0.39 is 0 Å². The van der Waals surface area contributed by atoms with Crippen LogP contribution in [0.1, 0.15) is 51.4 Å². The molecule has 0 radical (unpaired) electrons. The van der Waals surface area contributed by atoms with E-state index in [1.165, 1.54) is 104 Å². The molecule has 4 saturated heterocycles. The van der Waals surface area contributed by atoms with Crippen molar-refractivity contribution in [2.24, 2.45) is 0 Å². The second-order valence-corrected chi connectivity index (χ2v) is 8.55. The first-order chi connectivity index (χ1) is 12.4. The van der Waals surface area contributed by atoms with Gasteiger partial charge < -0.3 is 4.74 Å². The Labute approximate surface area is 154 Å². The highest BCUT2D eigenvalue weighted by Crippen LogP contribution is 2.22. The van der Waals surface area contributed by atoms with E-state index in [9.17, 15) is 0 Å². The van der Waals surface area contributed by atoms with Gasteiger partial charge in [0.05, 0.1) is 0 Å². The molecule has 0 spiro atoms. The Morgan fingerprint density at radius 2 is 0.800 bits per heavy atom. The molecular formula is C20H38N4O. The van der Waals surface area contributed by atoms with Gasteiger partial charge in [0.25, 0.3) is 0 Å². The molecular weight excluding hydrogens is 312 g/mol. The van der Waals surface area contributed by atoms with E-state index in [1.54, 1.807) is 0 Å². The molecule has 4 heterocycles. The van der Waals surface area contributed by atoms with Crippen molar-refractivity contribution in [3.05, 3.63) is 0 Å². The smallest absolute Gasteiger partial charge is 0.125 e. The van der Waals surface area contributed by atoms with E-state index in [0.717, 1.165) is 13.1 Å². The molecule has 144 valence electrons. The van der Waals surface area contributed by atoms with Crippen molar-refractivity contribution in [3.63, 3.8) is 0 Å². The minimum atomic E-state index is 0.300. The van der Waals surface area contributed by atoms with Crippen LogP contribution in [-0.4, -0.2) is 97.5 Å². The van der Waals surface area contributed by atoms with Crippen LogP contribution in [0.2, 0.25) is 0 Å². The van der Waals surface area contributed by atoms with Gasteiger partial charge in [-0.3, -0.25) is 19.6 Å². The number of likely N-dealkylation sites (tertiary alicyclic amines) is 4. The fourth-order valence-corrected chi connectivity index (χ4v) is 5.10. The lowest BCUT2D eigenvalue weighted by molar-refractivity contribution is -0.158. The van der Waals surface area contributed by atoms with Gasteiger partial charge in [-0.25, -0.2) is 0 Å². The van der Waals surface area contributed by atoms with Gasteiger partial charge in [0.15, 0.2) is 0 Å². The number of hydrogen-bond acceptors (Lipinski definition) is 5. The zero-order valence-electron chi connectivity index (χ0n) is 16.1. The second kappa shape index (κ2) is 9.14. The number of rotatable bonds is 8. The van der Waals surface area contributed by atoms with Crippen molar-refractivity contribution >= 4 is 0 Å². The van der Waals surface area contributed by atoms with Crippen LogP contribution in [0.25, 0.3) is 0 Å². The third-order valence-corrected chi connectivity index (χ3v) is 6.64. The molecule has 2 unspecified atom stereocenters. The van der Waals surface area contributed by atoms with E-state index in [2.05, 4.69) is 19.6 Å². The highest BCUT2D eigenvalue weighted by Gasteiger charge is 2.32. The number of nitrogens with zero attached hydrogens (tertiary/aromatic N) is 4. The van der Waals surface area contributed by atoms with E-state index in [-0.39, 0.29) is 0 Å². The summed E-state index contributed by atoms with van der Waals surface area (Å²) in [5, 5.41) is 0. The molecule has 4 rings (SSSR count). The minimum absolute atomic E-state index is 0.300. The van der Waals surface area contributed by atoms with Crippen LogP contribution in [0.15, 0.2) is 0 Å². The fourth-order valence-electron chi connectivity index (χ4n) is 5.10. The normalized spacial score (nSPS) is 29.8. The largest absolute Gasteiger partial charge is 0.342 e. The first-order valence-corrected chi connectivity index (χ1v) is 11.0. The summed E-state index contributed by atoms with van der Waals surface area (Å²) in [7, 11) is 0. The minimum Gasteiger partial charge on any atom is -0.342 e. The third-order valence-electron chi connectivity index (χ3n) is 6.64. The molecule has 25 heavy (non-hydrogen) atoms. The zero-order chi connectivity index (χ0) is 16.9. The summed E-state index contributed by atoms with van der Waals surface area (Å²) in [6, 6.07) is 0. The molecule has 2 atom stereocenters. The molecule has 0 aliphatic carbocycles. The van der Waals surface area contributed by atoms with Crippen LogP contribution in [0.4, 0.5) is 0 Å². The van der Waals surface area contributed by atoms with Gasteiger partial charge in [0.2, 0.25) is 0 Å². The van der Waals surface area contributed by atoms with Crippen LogP contribution in [0.3, 0.4) is 0 Å². The van der Waals surface area contributed by atoms with Gasteiger partial charge in [0.1, 0.15) is 12.5 Å². The molecule has 0 saturated carbocycles. The number of ether oxygens (including phenoxy) is 1. The second-order valence-electron chi connectivity index (χ2n) is 8.55. The maximum absolute atomic E-state index is 6.91. The quantitative estimate of drug-likeness (QED) is 0.666. The van der Waals surface area contributed by atoms with Gasteiger partial charge in [-0.2, -0.15) is 0 Å². The Morgan fingerprint density at radius 3 is 1.16 bits per heavy atom. The van der Waals surface area contributed by atoms with Crippen molar-refractivity contribution in [1.82, 2.24) is 19.6 Å². The molecule has 0 aromatic carbocycles. The first kappa shape index (κ1) is 18.2.